The molecular formula is C14H15BrFNO3. The highest BCUT2D eigenvalue weighted by Gasteiger charge is 2.32. The van der Waals surface area contributed by atoms with Crippen molar-refractivity contribution in [2.45, 2.75) is 31.7 Å². The zero-order valence-electron chi connectivity index (χ0n) is 10.8. The van der Waals surface area contributed by atoms with Crippen molar-refractivity contribution in [1.29, 1.82) is 0 Å². The zero-order chi connectivity index (χ0) is 14.7. The van der Waals surface area contributed by atoms with Gasteiger partial charge in [0.05, 0.1) is 10.0 Å². The molecule has 0 bridgehead atoms. The molecule has 0 radical (unpaired) electrons. The van der Waals surface area contributed by atoms with Crippen LogP contribution in [-0.2, 0) is 4.79 Å². The smallest absolute Gasteiger partial charge is 0.326 e. The molecule has 1 aliphatic rings. The van der Waals surface area contributed by atoms with Crippen molar-refractivity contribution in [3.8, 4) is 0 Å². The van der Waals surface area contributed by atoms with Crippen LogP contribution in [0, 0.1) is 5.82 Å². The number of halogens is 2. The van der Waals surface area contributed by atoms with Crippen LogP contribution in [0.5, 0.6) is 0 Å². The van der Waals surface area contributed by atoms with Gasteiger partial charge in [-0.2, -0.15) is 0 Å². The summed E-state index contributed by atoms with van der Waals surface area (Å²) in [5.74, 6) is -1.98. The number of aliphatic carboxylic acids is 1. The van der Waals surface area contributed by atoms with Gasteiger partial charge in [-0.05, 0) is 40.9 Å². The maximum Gasteiger partial charge on any atom is 0.326 e. The zero-order valence-corrected chi connectivity index (χ0v) is 12.4. The van der Waals surface area contributed by atoms with Gasteiger partial charge in [0.15, 0.2) is 0 Å². The van der Waals surface area contributed by atoms with Gasteiger partial charge in [-0.3, -0.25) is 4.79 Å². The maximum absolute atomic E-state index is 13.5. The van der Waals surface area contributed by atoms with E-state index in [0.717, 1.165) is 19.3 Å². The molecule has 1 saturated heterocycles. The maximum atomic E-state index is 13.5. The predicted molar refractivity (Wildman–Crippen MR) is 75.0 cm³/mol. The molecular weight excluding hydrogens is 329 g/mol. The van der Waals surface area contributed by atoms with Gasteiger partial charge >= 0.3 is 5.97 Å². The number of nitrogens with zero attached hydrogens (tertiary/aromatic N) is 1. The standard InChI is InChI=1S/C14H15BrFNO3/c15-12-9(5-4-6-10(12)16)13(18)17-8-3-1-2-7-11(17)14(19)20/h4-6,11H,1-3,7-8H2,(H,19,20). The van der Waals surface area contributed by atoms with Crippen molar-refractivity contribution in [3.63, 3.8) is 0 Å². The molecule has 0 aromatic heterocycles. The van der Waals surface area contributed by atoms with Crippen molar-refractivity contribution in [1.82, 2.24) is 4.90 Å². The molecule has 108 valence electrons. The second kappa shape index (κ2) is 6.35. The van der Waals surface area contributed by atoms with Crippen LogP contribution < -0.4 is 0 Å². The summed E-state index contributed by atoms with van der Waals surface area (Å²) in [5, 5.41) is 9.27. The van der Waals surface area contributed by atoms with Gasteiger partial charge in [-0.15, -0.1) is 0 Å². The predicted octanol–water partition coefficient (Wildman–Crippen LogP) is 3.06. The van der Waals surface area contributed by atoms with Crippen LogP contribution in [0.4, 0.5) is 4.39 Å². The molecule has 1 aliphatic heterocycles. The minimum Gasteiger partial charge on any atom is -0.480 e. The topological polar surface area (TPSA) is 57.6 Å². The molecule has 1 N–H and O–H groups in total. The number of hydrogen-bond donors (Lipinski definition) is 1. The Hall–Kier alpha value is -1.43. The van der Waals surface area contributed by atoms with Gasteiger partial charge in [0, 0.05) is 6.54 Å². The summed E-state index contributed by atoms with van der Waals surface area (Å²) in [6, 6.07) is 3.36. The van der Waals surface area contributed by atoms with E-state index in [2.05, 4.69) is 15.9 Å². The second-order valence-electron chi connectivity index (χ2n) is 4.80. The Kier molecular flexibility index (Phi) is 4.75. The SMILES string of the molecule is O=C(O)C1CCCCCN1C(=O)c1cccc(F)c1Br. The lowest BCUT2D eigenvalue weighted by Crippen LogP contribution is -2.44. The number of amides is 1. The van der Waals surface area contributed by atoms with Crippen molar-refractivity contribution in [3.05, 3.63) is 34.1 Å². The lowest BCUT2D eigenvalue weighted by molar-refractivity contribution is -0.142. The van der Waals surface area contributed by atoms with Crippen molar-refractivity contribution >= 4 is 27.8 Å². The molecule has 0 saturated carbocycles. The minimum atomic E-state index is -1.01. The van der Waals surface area contributed by atoms with Crippen LogP contribution in [0.3, 0.4) is 0 Å². The lowest BCUT2D eigenvalue weighted by atomic mass is 10.1. The molecule has 2 rings (SSSR count). The summed E-state index contributed by atoms with van der Waals surface area (Å²) < 4.78 is 13.6. The first kappa shape index (κ1) is 15.0. The quantitative estimate of drug-likeness (QED) is 0.897. The van der Waals surface area contributed by atoms with E-state index < -0.39 is 23.7 Å². The van der Waals surface area contributed by atoms with E-state index in [0.29, 0.717) is 13.0 Å². The number of carboxylic acids is 1. The fourth-order valence-corrected chi connectivity index (χ4v) is 2.87. The molecule has 6 heteroatoms. The first-order valence-electron chi connectivity index (χ1n) is 6.50. The normalized spacial score (nSPS) is 19.5. The van der Waals surface area contributed by atoms with Crippen molar-refractivity contribution < 1.29 is 19.1 Å². The Morgan fingerprint density at radius 3 is 2.75 bits per heavy atom. The monoisotopic (exact) mass is 343 g/mol. The molecule has 20 heavy (non-hydrogen) atoms. The van der Waals surface area contributed by atoms with Crippen LogP contribution in [0.2, 0.25) is 0 Å². The number of carboxylic acid groups (broad SMARTS) is 1. The van der Waals surface area contributed by atoms with Crippen LogP contribution >= 0.6 is 15.9 Å². The van der Waals surface area contributed by atoms with Gasteiger partial charge < -0.3 is 10.0 Å². The van der Waals surface area contributed by atoms with Crippen LogP contribution in [0.1, 0.15) is 36.0 Å². The summed E-state index contributed by atoms with van der Waals surface area (Å²) in [6.45, 7) is 0.388. The Morgan fingerprint density at radius 1 is 1.30 bits per heavy atom. The lowest BCUT2D eigenvalue weighted by Gasteiger charge is -2.27. The third-order valence-corrected chi connectivity index (χ3v) is 4.29. The highest BCUT2D eigenvalue weighted by Crippen LogP contribution is 2.25. The third-order valence-electron chi connectivity index (χ3n) is 3.48. The molecule has 0 aliphatic carbocycles. The van der Waals surface area contributed by atoms with Gasteiger partial charge in [0.25, 0.3) is 5.91 Å². The van der Waals surface area contributed by atoms with Gasteiger partial charge in [0.2, 0.25) is 0 Å². The average molecular weight is 344 g/mol. The van der Waals surface area contributed by atoms with E-state index >= 15 is 0 Å². The Balaban J connectivity index is 2.33. The van der Waals surface area contributed by atoms with E-state index in [4.69, 9.17) is 0 Å². The Labute approximate surface area is 124 Å². The molecule has 1 fully saturated rings. The van der Waals surface area contributed by atoms with Gasteiger partial charge in [0.1, 0.15) is 11.9 Å². The minimum absolute atomic E-state index is 0.0818. The third kappa shape index (κ3) is 3.00. The molecule has 1 amide bonds. The fourth-order valence-electron chi connectivity index (χ4n) is 2.43. The van der Waals surface area contributed by atoms with Gasteiger partial charge in [-0.1, -0.05) is 18.9 Å². The largest absolute Gasteiger partial charge is 0.480 e. The molecule has 1 heterocycles. The highest BCUT2D eigenvalue weighted by atomic mass is 79.9. The first-order valence-corrected chi connectivity index (χ1v) is 7.29. The molecule has 1 unspecified atom stereocenters. The number of hydrogen-bond acceptors (Lipinski definition) is 2. The number of carbonyl (C=O) groups is 2. The van der Waals surface area contributed by atoms with E-state index in [9.17, 15) is 19.1 Å². The second-order valence-corrected chi connectivity index (χ2v) is 5.60. The highest BCUT2D eigenvalue weighted by molar-refractivity contribution is 9.10. The van der Waals surface area contributed by atoms with Crippen LogP contribution in [0.15, 0.2) is 22.7 Å². The molecule has 1 aromatic rings. The number of likely N-dealkylation sites (tertiary alicyclic amines) is 1. The number of rotatable bonds is 2. The molecule has 1 atom stereocenters. The van der Waals surface area contributed by atoms with Crippen LogP contribution in [0.25, 0.3) is 0 Å². The molecule has 1 aromatic carbocycles. The van der Waals surface area contributed by atoms with E-state index in [1.165, 1.54) is 23.1 Å². The average Bonchev–Trinajstić information content (AvgIpc) is 2.66. The number of benzene rings is 1. The Bertz CT molecular complexity index is 535. The van der Waals surface area contributed by atoms with E-state index in [-0.39, 0.29) is 10.0 Å². The fraction of sp³-hybridized carbons (Fsp3) is 0.429. The molecule has 4 nitrogen and oxygen atoms in total. The van der Waals surface area contributed by atoms with Crippen LogP contribution in [-0.4, -0.2) is 34.5 Å². The van der Waals surface area contributed by atoms with Crippen molar-refractivity contribution in [2.75, 3.05) is 6.54 Å². The number of carbonyl (C=O) groups excluding carboxylic acids is 1. The summed E-state index contributed by atoms with van der Waals surface area (Å²) in [5.41, 5.74) is 0.165. The van der Waals surface area contributed by atoms with Crippen molar-refractivity contribution in [2.24, 2.45) is 0 Å². The summed E-state index contributed by atoms with van der Waals surface area (Å²) >= 11 is 3.05. The summed E-state index contributed by atoms with van der Waals surface area (Å²) in [4.78, 5) is 25.2. The van der Waals surface area contributed by atoms with Gasteiger partial charge in [-0.25, -0.2) is 9.18 Å². The van der Waals surface area contributed by atoms with E-state index in [1.54, 1.807) is 0 Å². The Morgan fingerprint density at radius 2 is 2.05 bits per heavy atom. The summed E-state index contributed by atoms with van der Waals surface area (Å²) in [6.07, 6.45) is 2.89. The summed E-state index contributed by atoms with van der Waals surface area (Å²) in [7, 11) is 0. The molecule has 0 spiro atoms. The van der Waals surface area contributed by atoms with E-state index in [1.807, 2.05) is 0 Å². The first-order chi connectivity index (χ1) is 9.52.